The van der Waals surface area contributed by atoms with E-state index in [4.69, 9.17) is 28.6 Å². The second kappa shape index (κ2) is 8.11. The van der Waals surface area contributed by atoms with Gasteiger partial charge < -0.3 is 15.0 Å². The molecule has 2 aromatic rings. The van der Waals surface area contributed by atoms with Gasteiger partial charge in [-0.05, 0) is 60.8 Å². The fraction of sp³-hybridized carbons (Fsp3) is 0.353. The first-order chi connectivity index (χ1) is 11.2. The van der Waals surface area contributed by atoms with Crippen LogP contribution in [0.5, 0.6) is 0 Å². The lowest BCUT2D eigenvalue weighted by atomic mass is 10.2. The third-order valence-corrected chi connectivity index (χ3v) is 5.23. The fourth-order valence-corrected chi connectivity index (χ4v) is 3.68. The Bertz CT molecular complexity index is 625. The molecule has 0 bridgehead atoms. The van der Waals surface area contributed by atoms with Crippen molar-refractivity contribution in [3.8, 4) is 0 Å². The molecule has 0 aliphatic carbocycles. The SMILES string of the molecule is S=C(Nc1ccc(Cl)cc1)N(Cc1cccs1)CC1CCCO1. The van der Waals surface area contributed by atoms with Crippen LogP contribution in [0, 0.1) is 0 Å². The van der Waals surface area contributed by atoms with Gasteiger partial charge in [0.25, 0.3) is 0 Å². The van der Waals surface area contributed by atoms with Crippen molar-refractivity contribution in [3.63, 3.8) is 0 Å². The van der Waals surface area contributed by atoms with Gasteiger partial charge in [0.2, 0.25) is 0 Å². The quantitative estimate of drug-likeness (QED) is 0.769. The molecule has 0 spiro atoms. The standard InChI is InChI=1S/C17H19ClN2OS2/c18-13-5-7-14(8-6-13)19-17(22)20(11-15-3-1-9-21-15)12-16-4-2-10-23-16/h2,4-8,10,15H,1,3,9,11-12H2,(H,19,22). The van der Waals surface area contributed by atoms with Crippen LogP contribution < -0.4 is 5.32 Å². The number of nitrogens with zero attached hydrogens (tertiary/aromatic N) is 1. The molecule has 122 valence electrons. The lowest BCUT2D eigenvalue weighted by molar-refractivity contribution is 0.0907. The summed E-state index contributed by atoms with van der Waals surface area (Å²) in [5.41, 5.74) is 0.947. The Balaban J connectivity index is 1.67. The molecule has 3 nitrogen and oxygen atoms in total. The van der Waals surface area contributed by atoms with E-state index in [0.29, 0.717) is 0 Å². The average molecular weight is 367 g/mol. The molecule has 1 unspecified atom stereocenters. The van der Waals surface area contributed by atoms with Crippen molar-refractivity contribution in [2.24, 2.45) is 0 Å². The van der Waals surface area contributed by atoms with Crippen molar-refractivity contribution >= 4 is 46.0 Å². The number of nitrogens with one attached hydrogen (secondary N) is 1. The van der Waals surface area contributed by atoms with Gasteiger partial charge in [0.05, 0.1) is 12.6 Å². The highest BCUT2D eigenvalue weighted by molar-refractivity contribution is 7.80. The molecule has 6 heteroatoms. The maximum atomic E-state index is 5.93. The molecule has 1 saturated heterocycles. The van der Waals surface area contributed by atoms with Gasteiger partial charge in [-0.2, -0.15) is 0 Å². The zero-order valence-electron chi connectivity index (χ0n) is 12.7. The smallest absolute Gasteiger partial charge is 0.173 e. The van der Waals surface area contributed by atoms with Crippen LogP contribution in [0.15, 0.2) is 41.8 Å². The molecule has 1 atom stereocenters. The number of anilines is 1. The summed E-state index contributed by atoms with van der Waals surface area (Å²) < 4.78 is 5.78. The number of benzene rings is 1. The first kappa shape index (κ1) is 16.7. The number of hydrogen-bond donors (Lipinski definition) is 1. The molecule has 2 heterocycles. The number of rotatable bonds is 5. The summed E-state index contributed by atoms with van der Waals surface area (Å²) >= 11 is 13.3. The highest BCUT2D eigenvalue weighted by atomic mass is 35.5. The van der Waals surface area contributed by atoms with Crippen LogP contribution in [0.4, 0.5) is 5.69 Å². The van der Waals surface area contributed by atoms with Crippen LogP contribution in [0.1, 0.15) is 17.7 Å². The molecule has 1 fully saturated rings. The molecule has 23 heavy (non-hydrogen) atoms. The van der Waals surface area contributed by atoms with Crippen LogP contribution in [0.25, 0.3) is 0 Å². The van der Waals surface area contributed by atoms with Gasteiger partial charge in [0, 0.05) is 28.7 Å². The van der Waals surface area contributed by atoms with E-state index >= 15 is 0 Å². The molecule has 3 rings (SSSR count). The van der Waals surface area contributed by atoms with E-state index in [1.165, 1.54) is 4.88 Å². The van der Waals surface area contributed by atoms with Crippen molar-refractivity contribution in [2.45, 2.75) is 25.5 Å². The summed E-state index contributed by atoms with van der Waals surface area (Å²) in [5, 5.41) is 6.83. The van der Waals surface area contributed by atoms with Gasteiger partial charge in [0.1, 0.15) is 0 Å². The highest BCUT2D eigenvalue weighted by Gasteiger charge is 2.21. The summed E-state index contributed by atoms with van der Waals surface area (Å²) in [6, 6.07) is 11.8. The molecule has 1 aliphatic heterocycles. The third kappa shape index (κ3) is 4.91. The second-order valence-corrected chi connectivity index (χ2v) is 7.39. The van der Waals surface area contributed by atoms with E-state index in [-0.39, 0.29) is 6.10 Å². The first-order valence-corrected chi connectivity index (χ1v) is 9.33. The minimum absolute atomic E-state index is 0.264. The van der Waals surface area contributed by atoms with E-state index in [0.717, 1.165) is 48.4 Å². The lowest BCUT2D eigenvalue weighted by Crippen LogP contribution is -2.39. The molecule has 0 radical (unpaired) electrons. The van der Waals surface area contributed by atoms with Gasteiger partial charge in [-0.25, -0.2) is 0 Å². The maximum Gasteiger partial charge on any atom is 0.173 e. The first-order valence-electron chi connectivity index (χ1n) is 7.66. The lowest BCUT2D eigenvalue weighted by Gasteiger charge is -2.28. The Morgan fingerprint density at radius 2 is 2.17 bits per heavy atom. The molecule has 1 aromatic heterocycles. The summed E-state index contributed by atoms with van der Waals surface area (Å²) in [7, 11) is 0. The van der Waals surface area contributed by atoms with Gasteiger partial charge in [0.15, 0.2) is 5.11 Å². The Labute approximate surface area is 151 Å². The van der Waals surface area contributed by atoms with Crippen LogP contribution in [0.2, 0.25) is 5.02 Å². The average Bonchev–Trinajstić information content (AvgIpc) is 3.22. The largest absolute Gasteiger partial charge is 0.376 e. The predicted octanol–water partition coefficient (Wildman–Crippen LogP) is 4.78. The molecule has 1 N–H and O–H groups in total. The molecule has 0 amide bonds. The monoisotopic (exact) mass is 366 g/mol. The fourth-order valence-electron chi connectivity index (χ4n) is 2.58. The Morgan fingerprint density at radius 1 is 1.35 bits per heavy atom. The minimum atomic E-state index is 0.264. The van der Waals surface area contributed by atoms with Crippen LogP contribution >= 0.6 is 35.2 Å². The van der Waals surface area contributed by atoms with Crippen molar-refractivity contribution in [3.05, 3.63) is 51.7 Å². The van der Waals surface area contributed by atoms with Gasteiger partial charge in [-0.1, -0.05) is 17.7 Å². The van der Waals surface area contributed by atoms with Crippen LogP contribution in [-0.4, -0.2) is 29.3 Å². The van der Waals surface area contributed by atoms with Crippen molar-refractivity contribution in [2.75, 3.05) is 18.5 Å². The summed E-state index contributed by atoms with van der Waals surface area (Å²) in [6.07, 6.45) is 2.50. The minimum Gasteiger partial charge on any atom is -0.376 e. The van der Waals surface area contributed by atoms with Gasteiger partial charge in [-0.3, -0.25) is 0 Å². The second-order valence-electron chi connectivity index (χ2n) is 5.53. The summed E-state index contributed by atoms with van der Waals surface area (Å²) in [4.78, 5) is 3.48. The van der Waals surface area contributed by atoms with E-state index in [1.54, 1.807) is 11.3 Å². The summed E-state index contributed by atoms with van der Waals surface area (Å²) in [6.45, 7) is 2.48. The number of hydrogen-bond acceptors (Lipinski definition) is 3. The van der Waals surface area contributed by atoms with Gasteiger partial charge in [-0.15, -0.1) is 11.3 Å². The zero-order valence-corrected chi connectivity index (χ0v) is 15.1. The van der Waals surface area contributed by atoms with E-state index in [9.17, 15) is 0 Å². The maximum absolute atomic E-state index is 5.93. The number of halogens is 1. The zero-order chi connectivity index (χ0) is 16.1. The molecule has 0 saturated carbocycles. The normalized spacial score (nSPS) is 17.2. The Hall–Kier alpha value is -1.14. The van der Waals surface area contributed by atoms with Crippen LogP contribution in [-0.2, 0) is 11.3 Å². The highest BCUT2D eigenvalue weighted by Crippen LogP contribution is 2.19. The summed E-state index contributed by atoms with van der Waals surface area (Å²) in [5.74, 6) is 0. The number of thiophene rings is 1. The molecule has 1 aromatic carbocycles. The molecular formula is C17H19ClN2OS2. The number of thiocarbonyl (C=S) groups is 1. The van der Waals surface area contributed by atoms with E-state index in [2.05, 4.69) is 27.7 Å². The Morgan fingerprint density at radius 3 is 2.83 bits per heavy atom. The predicted molar refractivity (Wildman–Crippen MR) is 101 cm³/mol. The van der Waals surface area contributed by atoms with Gasteiger partial charge >= 0.3 is 0 Å². The third-order valence-electron chi connectivity index (χ3n) is 3.76. The van der Waals surface area contributed by atoms with Crippen molar-refractivity contribution in [1.82, 2.24) is 4.90 Å². The van der Waals surface area contributed by atoms with Crippen molar-refractivity contribution in [1.29, 1.82) is 0 Å². The topological polar surface area (TPSA) is 24.5 Å². The van der Waals surface area contributed by atoms with E-state index < -0.39 is 0 Å². The Kier molecular flexibility index (Phi) is 5.89. The van der Waals surface area contributed by atoms with Crippen LogP contribution in [0.3, 0.4) is 0 Å². The van der Waals surface area contributed by atoms with E-state index in [1.807, 2.05) is 24.3 Å². The number of ether oxygens (including phenoxy) is 1. The van der Waals surface area contributed by atoms with Crippen molar-refractivity contribution < 1.29 is 4.74 Å². The molecular weight excluding hydrogens is 348 g/mol. The molecule has 1 aliphatic rings.